The highest BCUT2D eigenvalue weighted by molar-refractivity contribution is 4.95. The number of rotatable bonds is 8. The Balaban J connectivity index is 2.00. The van der Waals surface area contributed by atoms with Crippen LogP contribution >= 0.6 is 0 Å². The maximum atomic E-state index is 2.45. The maximum absolute atomic E-state index is 2.45. The van der Waals surface area contributed by atoms with Gasteiger partial charge in [0.05, 0.1) is 0 Å². The molecule has 0 aromatic carbocycles. The van der Waals surface area contributed by atoms with Crippen molar-refractivity contribution in [1.29, 1.82) is 0 Å². The van der Waals surface area contributed by atoms with Crippen LogP contribution in [-0.4, -0.2) is 0 Å². The Bertz CT molecular complexity index is 182. The number of unbranched alkanes of at least 4 members (excludes halogenated alkanes) is 1. The van der Waals surface area contributed by atoms with E-state index >= 15 is 0 Å². The molecule has 0 aromatic heterocycles. The maximum Gasteiger partial charge on any atom is -0.0331 e. The fourth-order valence-electron chi connectivity index (χ4n) is 3.65. The lowest BCUT2D eigenvalue weighted by Gasteiger charge is -2.09. The summed E-state index contributed by atoms with van der Waals surface area (Å²) >= 11 is 0. The summed E-state index contributed by atoms with van der Waals surface area (Å²) < 4.78 is 0. The van der Waals surface area contributed by atoms with Crippen LogP contribution in [0.5, 0.6) is 0 Å². The minimum atomic E-state index is 0.916. The molecule has 0 aliphatic heterocycles. The summed E-state index contributed by atoms with van der Waals surface area (Å²) in [5, 5.41) is 0. The molecule has 0 radical (unpaired) electrons. The van der Waals surface area contributed by atoms with Crippen LogP contribution < -0.4 is 0 Å². The van der Waals surface area contributed by atoms with E-state index in [0.717, 1.165) is 29.6 Å². The third-order valence-electron chi connectivity index (χ3n) is 4.67. The van der Waals surface area contributed by atoms with E-state index in [1.807, 2.05) is 0 Å². The third kappa shape index (κ3) is 4.11. The van der Waals surface area contributed by atoms with Gasteiger partial charge in [0, 0.05) is 0 Å². The van der Waals surface area contributed by atoms with Gasteiger partial charge in [-0.3, -0.25) is 0 Å². The average Bonchev–Trinajstić information content (AvgIpc) is 2.85. The molecule has 0 aromatic rings. The molecule has 0 heteroatoms. The molecule has 0 saturated heterocycles. The topological polar surface area (TPSA) is 0 Å². The zero-order chi connectivity index (χ0) is 12.1. The van der Waals surface area contributed by atoms with Crippen LogP contribution in [0.1, 0.15) is 73.1 Å². The summed E-state index contributed by atoms with van der Waals surface area (Å²) in [5.74, 6) is 5.02. The van der Waals surface area contributed by atoms with E-state index < -0.39 is 0 Å². The smallest absolute Gasteiger partial charge is 0.0331 e. The molecule has 4 atom stereocenters. The van der Waals surface area contributed by atoms with Gasteiger partial charge in [-0.2, -0.15) is 0 Å². The fourth-order valence-corrected chi connectivity index (χ4v) is 3.65. The summed E-state index contributed by atoms with van der Waals surface area (Å²) in [6, 6.07) is 0. The lowest BCUT2D eigenvalue weighted by Crippen LogP contribution is -1.95. The van der Waals surface area contributed by atoms with Gasteiger partial charge in [-0.15, -0.1) is 0 Å². The van der Waals surface area contributed by atoms with Crippen LogP contribution in [0.25, 0.3) is 0 Å². The molecule has 1 rings (SSSR count). The van der Waals surface area contributed by atoms with Crippen LogP contribution in [-0.2, 0) is 0 Å². The first kappa shape index (κ1) is 14.1. The second kappa shape index (κ2) is 6.67. The Kier molecular flexibility index (Phi) is 5.86. The van der Waals surface area contributed by atoms with E-state index in [2.05, 4.69) is 34.6 Å². The highest BCUT2D eigenvalue weighted by Crippen LogP contribution is 2.53. The first-order valence-corrected chi connectivity index (χ1v) is 7.57. The molecule has 1 aliphatic rings. The van der Waals surface area contributed by atoms with Crippen molar-refractivity contribution in [2.24, 2.45) is 29.6 Å². The Labute approximate surface area is 103 Å². The molecule has 1 aliphatic carbocycles. The van der Waals surface area contributed by atoms with Crippen molar-refractivity contribution in [1.82, 2.24) is 0 Å². The SMILES string of the molecule is CCCC(C)CCCCC1C(C)C1C(C)C. The van der Waals surface area contributed by atoms with Gasteiger partial charge in [-0.25, -0.2) is 0 Å². The van der Waals surface area contributed by atoms with E-state index in [1.165, 1.54) is 38.5 Å². The standard InChI is InChI=1S/C16H32/c1-6-9-13(4)10-7-8-11-15-14(5)16(15)12(2)3/h12-16H,6-11H2,1-5H3. The zero-order valence-corrected chi connectivity index (χ0v) is 12.1. The molecule has 0 spiro atoms. The van der Waals surface area contributed by atoms with Gasteiger partial charge in [0.2, 0.25) is 0 Å². The van der Waals surface area contributed by atoms with Crippen LogP contribution in [0.3, 0.4) is 0 Å². The Morgan fingerprint density at radius 1 is 1.00 bits per heavy atom. The minimum Gasteiger partial charge on any atom is -0.0654 e. The average molecular weight is 224 g/mol. The van der Waals surface area contributed by atoms with E-state index in [1.54, 1.807) is 0 Å². The van der Waals surface area contributed by atoms with Gasteiger partial charge in [-0.05, 0) is 36.0 Å². The van der Waals surface area contributed by atoms with Crippen LogP contribution in [0.15, 0.2) is 0 Å². The Morgan fingerprint density at radius 3 is 2.19 bits per heavy atom. The van der Waals surface area contributed by atoms with Gasteiger partial charge in [-0.1, -0.05) is 66.7 Å². The Hall–Kier alpha value is 0. The van der Waals surface area contributed by atoms with Crippen molar-refractivity contribution in [2.75, 3.05) is 0 Å². The molecule has 96 valence electrons. The first-order chi connectivity index (χ1) is 7.57. The van der Waals surface area contributed by atoms with Gasteiger partial charge >= 0.3 is 0 Å². The normalized spacial score (nSPS) is 30.8. The van der Waals surface area contributed by atoms with Crippen molar-refractivity contribution in [2.45, 2.75) is 73.1 Å². The monoisotopic (exact) mass is 224 g/mol. The molecule has 0 heterocycles. The molecule has 0 amide bonds. The van der Waals surface area contributed by atoms with Gasteiger partial charge < -0.3 is 0 Å². The molecule has 4 unspecified atom stereocenters. The molecule has 1 saturated carbocycles. The molecular formula is C16H32. The Morgan fingerprint density at radius 2 is 1.69 bits per heavy atom. The summed E-state index contributed by atoms with van der Waals surface area (Å²) in [6.45, 7) is 12.0. The zero-order valence-electron chi connectivity index (χ0n) is 12.1. The van der Waals surface area contributed by atoms with Gasteiger partial charge in [0.1, 0.15) is 0 Å². The highest BCUT2D eigenvalue weighted by Gasteiger charge is 2.46. The lowest BCUT2D eigenvalue weighted by atomic mass is 9.97. The van der Waals surface area contributed by atoms with Crippen LogP contribution in [0.2, 0.25) is 0 Å². The first-order valence-electron chi connectivity index (χ1n) is 7.57. The summed E-state index contributed by atoms with van der Waals surface area (Å²) in [7, 11) is 0. The third-order valence-corrected chi connectivity index (χ3v) is 4.67. The second-order valence-electron chi connectivity index (χ2n) is 6.52. The predicted octanol–water partition coefficient (Wildman–Crippen LogP) is 5.52. The molecule has 0 bridgehead atoms. The molecule has 0 nitrogen and oxygen atoms in total. The fraction of sp³-hybridized carbons (Fsp3) is 1.00. The molecular weight excluding hydrogens is 192 g/mol. The number of hydrogen-bond acceptors (Lipinski definition) is 0. The van der Waals surface area contributed by atoms with E-state index in [9.17, 15) is 0 Å². The molecule has 0 N–H and O–H groups in total. The largest absolute Gasteiger partial charge is 0.0654 e. The summed E-state index contributed by atoms with van der Waals surface area (Å²) in [4.78, 5) is 0. The van der Waals surface area contributed by atoms with E-state index in [-0.39, 0.29) is 0 Å². The van der Waals surface area contributed by atoms with E-state index in [0.29, 0.717) is 0 Å². The lowest BCUT2D eigenvalue weighted by molar-refractivity contribution is 0.438. The van der Waals surface area contributed by atoms with E-state index in [4.69, 9.17) is 0 Å². The second-order valence-corrected chi connectivity index (χ2v) is 6.52. The molecule has 1 fully saturated rings. The predicted molar refractivity (Wildman–Crippen MR) is 73.5 cm³/mol. The van der Waals surface area contributed by atoms with Crippen molar-refractivity contribution in [3.05, 3.63) is 0 Å². The summed E-state index contributed by atoms with van der Waals surface area (Å²) in [5.41, 5.74) is 0. The minimum absolute atomic E-state index is 0.916. The number of hydrogen-bond donors (Lipinski definition) is 0. The van der Waals surface area contributed by atoms with Crippen molar-refractivity contribution < 1.29 is 0 Å². The van der Waals surface area contributed by atoms with Crippen LogP contribution in [0.4, 0.5) is 0 Å². The van der Waals surface area contributed by atoms with Gasteiger partial charge in [0.25, 0.3) is 0 Å². The van der Waals surface area contributed by atoms with Crippen LogP contribution in [0, 0.1) is 29.6 Å². The van der Waals surface area contributed by atoms with Gasteiger partial charge in [0.15, 0.2) is 0 Å². The van der Waals surface area contributed by atoms with Crippen molar-refractivity contribution >= 4 is 0 Å². The van der Waals surface area contributed by atoms with Crippen molar-refractivity contribution in [3.63, 3.8) is 0 Å². The summed E-state index contributed by atoms with van der Waals surface area (Å²) in [6.07, 6.45) is 8.69. The quantitative estimate of drug-likeness (QED) is 0.476. The molecule has 16 heavy (non-hydrogen) atoms. The highest BCUT2D eigenvalue weighted by atomic mass is 14.5. The van der Waals surface area contributed by atoms with Crippen molar-refractivity contribution in [3.8, 4) is 0 Å².